The predicted octanol–water partition coefficient (Wildman–Crippen LogP) is 6.79. The molecule has 0 aliphatic carbocycles. The van der Waals surface area contributed by atoms with Crippen LogP contribution in [0.3, 0.4) is 0 Å². The Morgan fingerprint density at radius 2 is 1.81 bits per heavy atom. The Balaban J connectivity index is 2.56. The van der Waals surface area contributed by atoms with E-state index in [2.05, 4.69) is 19.2 Å². The van der Waals surface area contributed by atoms with E-state index in [0.29, 0.717) is 21.5 Å². The fourth-order valence-electron chi connectivity index (χ4n) is 3.08. The van der Waals surface area contributed by atoms with Crippen LogP contribution in [-0.4, -0.2) is 5.97 Å². The van der Waals surface area contributed by atoms with Gasteiger partial charge in [-0.2, -0.15) is 0 Å². The van der Waals surface area contributed by atoms with E-state index in [1.807, 2.05) is 32.0 Å². The lowest BCUT2D eigenvalue weighted by molar-refractivity contribution is -0.131. The third-order valence-electron chi connectivity index (χ3n) is 4.41. The molecule has 2 rings (SSSR count). The predicted molar refractivity (Wildman–Crippen MR) is 110 cm³/mol. The molecule has 0 atom stereocenters. The average Bonchev–Trinajstić information content (AvgIpc) is 2.59. The van der Waals surface area contributed by atoms with Crippen molar-refractivity contribution in [1.29, 1.82) is 0 Å². The maximum absolute atomic E-state index is 11.5. The van der Waals surface area contributed by atoms with E-state index in [1.165, 1.54) is 6.92 Å². The van der Waals surface area contributed by atoms with Gasteiger partial charge in [0.1, 0.15) is 0 Å². The van der Waals surface area contributed by atoms with Crippen molar-refractivity contribution in [3.8, 4) is 5.75 Å². The molecular formula is C21H25Cl2NO2. The molecule has 0 amide bonds. The van der Waals surface area contributed by atoms with Gasteiger partial charge in [-0.3, -0.25) is 4.79 Å². The summed E-state index contributed by atoms with van der Waals surface area (Å²) in [5, 5.41) is 4.65. The van der Waals surface area contributed by atoms with Gasteiger partial charge in [-0.25, -0.2) is 0 Å². The first-order chi connectivity index (χ1) is 12.3. The number of ether oxygens (including phenoxy) is 1. The van der Waals surface area contributed by atoms with Crippen LogP contribution >= 0.6 is 23.2 Å². The number of carbonyl (C=O) groups excluding carboxylic acids is 1. The quantitative estimate of drug-likeness (QED) is 0.433. The van der Waals surface area contributed by atoms with Crippen LogP contribution in [0.15, 0.2) is 18.2 Å². The van der Waals surface area contributed by atoms with Crippen LogP contribution < -0.4 is 10.1 Å². The first-order valence-corrected chi connectivity index (χ1v) is 9.61. The molecule has 0 saturated carbocycles. The Labute approximate surface area is 165 Å². The van der Waals surface area contributed by atoms with E-state index in [0.717, 1.165) is 47.2 Å². The molecule has 2 aromatic rings. The molecule has 1 N–H and O–H groups in total. The maximum atomic E-state index is 11.5. The van der Waals surface area contributed by atoms with Crippen LogP contribution in [0.5, 0.6) is 5.75 Å². The van der Waals surface area contributed by atoms with E-state index in [1.54, 1.807) is 0 Å². The number of rotatable bonds is 6. The zero-order valence-corrected chi connectivity index (χ0v) is 17.4. The van der Waals surface area contributed by atoms with E-state index in [-0.39, 0.29) is 5.97 Å². The molecule has 5 heteroatoms. The van der Waals surface area contributed by atoms with Crippen LogP contribution in [0.2, 0.25) is 10.0 Å². The number of anilines is 2. The largest absolute Gasteiger partial charge is 0.424 e. The first kappa shape index (κ1) is 20.6. The van der Waals surface area contributed by atoms with E-state index >= 15 is 0 Å². The summed E-state index contributed by atoms with van der Waals surface area (Å²) >= 11 is 13.0. The van der Waals surface area contributed by atoms with E-state index < -0.39 is 0 Å². The molecule has 0 radical (unpaired) electrons. The second-order valence-electron chi connectivity index (χ2n) is 6.38. The number of halogens is 2. The van der Waals surface area contributed by atoms with Crippen LogP contribution in [0.1, 0.15) is 49.4 Å². The number of carbonyl (C=O) groups is 1. The normalized spacial score (nSPS) is 10.7. The summed E-state index contributed by atoms with van der Waals surface area (Å²) < 4.78 is 5.43. The summed E-state index contributed by atoms with van der Waals surface area (Å²) in [5.74, 6) is 0.152. The van der Waals surface area contributed by atoms with Crippen LogP contribution in [0.4, 0.5) is 11.4 Å². The Morgan fingerprint density at radius 3 is 2.38 bits per heavy atom. The molecule has 26 heavy (non-hydrogen) atoms. The van der Waals surface area contributed by atoms with Crippen molar-refractivity contribution < 1.29 is 9.53 Å². The highest BCUT2D eigenvalue weighted by molar-refractivity contribution is 6.38. The summed E-state index contributed by atoms with van der Waals surface area (Å²) in [5.41, 5.74) is 5.54. The third-order valence-corrected chi connectivity index (χ3v) is 5.45. The number of benzene rings is 2. The molecular weight excluding hydrogens is 369 g/mol. The standard InChI is InChI=1S/C21H25Cl2NO2/c1-6-8-15-9-10-17(18(11-15)26-14(5)25)24-21-16(7-2)12(3)19(22)13(4)20(21)23/h9-11,24H,6-8H2,1-5H3. The van der Waals surface area contributed by atoms with Crippen molar-refractivity contribution in [2.75, 3.05) is 5.32 Å². The van der Waals surface area contributed by atoms with Crippen molar-refractivity contribution in [2.45, 2.75) is 53.9 Å². The second kappa shape index (κ2) is 8.79. The van der Waals surface area contributed by atoms with Crippen molar-refractivity contribution in [1.82, 2.24) is 0 Å². The zero-order chi connectivity index (χ0) is 19.4. The molecule has 0 heterocycles. The minimum atomic E-state index is -0.355. The van der Waals surface area contributed by atoms with Gasteiger partial charge in [-0.05, 0) is 61.1 Å². The Morgan fingerprint density at radius 1 is 1.12 bits per heavy atom. The minimum absolute atomic E-state index is 0.355. The van der Waals surface area contributed by atoms with Gasteiger partial charge in [0.15, 0.2) is 5.75 Å². The lowest BCUT2D eigenvalue weighted by Gasteiger charge is -2.20. The third kappa shape index (κ3) is 4.33. The molecule has 0 aromatic heterocycles. The Kier molecular flexibility index (Phi) is 6.96. The second-order valence-corrected chi connectivity index (χ2v) is 7.14. The molecule has 3 nitrogen and oxygen atoms in total. The monoisotopic (exact) mass is 393 g/mol. The number of aryl methyl sites for hydroxylation is 1. The van der Waals surface area contributed by atoms with Crippen LogP contribution in [0.25, 0.3) is 0 Å². The lowest BCUT2D eigenvalue weighted by atomic mass is 10.00. The fraction of sp³-hybridized carbons (Fsp3) is 0.381. The molecule has 0 unspecified atom stereocenters. The average molecular weight is 394 g/mol. The summed E-state index contributed by atoms with van der Waals surface area (Å²) in [4.78, 5) is 11.5. The smallest absolute Gasteiger partial charge is 0.308 e. The summed E-state index contributed by atoms with van der Waals surface area (Å²) in [6, 6.07) is 5.87. The minimum Gasteiger partial charge on any atom is -0.424 e. The van der Waals surface area contributed by atoms with Gasteiger partial charge in [0, 0.05) is 11.9 Å². The maximum Gasteiger partial charge on any atom is 0.308 e. The fourth-order valence-corrected chi connectivity index (χ4v) is 3.59. The summed E-state index contributed by atoms with van der Waals surface area (Å²) in [6.45, 7) is 9.47. The molecule has 0 aliphatic rings. The van der Waals surface area contributed by atoms with E-state index in [4.69, 9.17) is 27.9 Å². The van der Waals surface area contributed by atoms with Gasteiger partial charge in [0.2, 0.25) is 0 Å². The molecule has 0 spiro atoms. The van der Waals surface area contributed by atoms with Crippen LogP contribution in [-0.2, 0) is 17.6 Å². The first-order valence-electron chi connectivity index (χ1n) is 8.85. The van der Waals surface area contributed by atoms with Gasteiger partial charge in [0.05, 0.1) is 16.4 Å². The lowest BCUT2D eigenvalue weighted by Crippen LogP contribution is -2.07. The van der Waals surface area contributed by atoms with Gasteiger partial charge in [-0.15, -0.1) is 0 Å². The topological polar surface area (TPSA) is 38.3 Å². The van der Waals surface area contributed by atoms with Gasteiger partial charge < -0.3 is 10.1 Å². The highest BCUT2D eigenvalue weighted by Crippen LogP contribution is 2.41. The molecule has 2 aromatic carbocycles. The number of nitrogens with one attached hydrogen (secondary N) is 1. The summed E-state index contributed by atoms with van der Waals surface area (Å²) in [6.07, 6.45) is 2.73. The van der Waals surface area contributed by atoms with Crippen LogP contribution in [0, 0.1) is 13.8 Å². The Bertz CT molecular complexity index is 831. The molecule has 0 bridgehead atoms. The molecule has 0 fully saturated rings. The van der Waals surface area contributed by atoms with Gasteiger partial charge in [0.25, 0.3) is 0 Å². The van der Waals surface area contributed by atoms with Gasteiger partial charge >= 0.3 is 5.97 Å². The SMILES string of the molecule is CCCc1ccc(Nc2c(Cl)c(C)c(Cl)c(C)c2CC)c(OC(C)=O)c1. The number of hydrogen-bond donors (Lipinski definition) is 1. The Hall–Kier alpha value is -1.71. The molecule has 0 aliphatic heterocycles. The van der Waals surface area contributed by atoms with Gasteiger partial charge in [-0.1, -0.05) is 49.5 Å². The van der Waals surface area contributed by atoms with Crippen molar-refractivity contribution in [3.05, 3.63) is 50.5 Å². The molecule has 0 saturated heterocycles. The summed E-state index contributed by atoms with van der Waals surface area (Å²) in [7, 11) is 0. The number of hydrogen-bond acceptors (Lipinski definition) is 3. The van der Waals surface area contributed by atoms with Crippen molar-refractivity contribution in [3.63, 3.8) is 0 Å². The van der Waals surface area contributed by atoms with Crippen molar-refractivity contribution in [2.24, 2.45) is 0 Å². The number of esters is 1. The van der Waals surface area contributed by atoms with Crippen molar-refractivity contribution >= 4 is 40.5 Å². The van der Waals surface area contributed by atoms with E-state index in [9.17, 15) is 4.79 Å². The molecule has 140 valence electrons. The zero-order valence-electron chi connectivity index (χ0n) is 15.9. The highest BCUT2D eigenvalue weighted by atomic mass is 35.5. The highest BCUT2D eigenvalue weighted by Gasteiger charge is 2.18.